The Hall–Kier alpha value is -4.17. The van der Waals surface area contributed by atoms with Crippen molar-refractivity contribution in [3.63, 3.8) is 0 Å². The van der Waals surface area contributed by atoms with Gasteiger partial charge in [0.2, 0.25) is 11.8 Å². The van der Waals surface area contributed by atoms with Crippen LogP contribution < -0.4 is 16.0 Å². The largest absolute Gasteiger partial charge is 0.461 e. The van der Waals surface area contributed by atoms with E-state index in [2.05, 4.69) is 29.8 Å². The lowest BCUT2D eigenvalue weighted by Crippen LogP contribution is -2.60. The highest BCUT2D eigenvalue weighted by Crippen LogP contribution is 2.38. The summed E-state index contributed by atoms with van der Waals surface area (Å²) in [5.41, 5.74) is -0.811. The molecule has 0 aromatic heterocycles. The molecule has 2 saturated heterocycles. The average Bonchev–Trinajstić information content (AvgIpc) is 3.67. The van der Waals surface area contributed by atoms with E-state index in [1.165, 1.54) is 5.06 Å². The lowest BCUT2D eigenvalue weighted by Gasteiger charge is -2.50. The maximum absolute atomic E-state index is 14.5. The molecule has 4 atom stereocenters. The van der Waals surface area contributed by atoms with Crippen LogP contribution >= 0.6 is 0 Å². The van der Waals surface area contributed by atoms with E-state index in [4.69, 9.17) is 14.2 Å². The Balaban J connectivity index is 1.42. The number of hydroxylamine groups is 2. The average molecular weight is 868 g/mol. The summed E-state index contributed by atoms with van der Waals surface area (Å²) in [6.07, 6.45) is 11.2. The number of nitrogens with zero attached hydrogens (tertiary/aromatic N) is 2. The van der Waals surface area contributed by atoms with Gasteiger partial charge in [0, 0.05) is 37.0 Å². The third kappa shape index (κ3) is 16.2. The van der Waals surface area contributed by atoms with Gasteiger partial charge in [-0.05, 0) is 131 Å². The highest BCUT2D eigenvalue weighted by molar-refractivity contribution is 5.92. The molecule has 3 fully saturated rings. The minimum absolute atomic E-state index is 0.195. The topological polar surface area (TPSA) is 176 Å². The van der Waals surface area contributed by atoms with Crippen LogP contribution in [0.4, 0.5) is 9.59 Å². The number of rotatable bonds is 18. The highest BCUT2D eigenvalue weighted by Gasteiger charge is 2.46. The normalized spacial score (nSPS) is 21.2. The summed E-state index contributed by atoms with van der Waals surface area (Å²) in [6.45, 7) is 17.9. The summed E-state index contributed by atoms with van der Waals surface area (Å²) in [6, 6.07) is 7.65. The molecule has 0 radical (unpaired) electrons. The maximum Gasteiger partial charge on any atom is 0.408 e. The Morgan fingerprint density at radius 1 is 0.839 bits per heavy atom. The van der Waals surface area contributed by atoms with Crippen molar-refractivity contribution in [2.75, 3.05) is 13.1 Å². The number of nitrogens with one attached hydrogen (secondary N) is 3. The molecule has 4 amide bonds. The van der Waals surface area contributed by atoms with Gasteiger partial charge in [0.15, 0.2) is 0 Å². The molecule has 3 aliphatic rings. The van der Waals surface area contributed by atoms with E-state index in [9.17, 15) is 29.2 Å². The summed E-state index contributed by atoms with van der Waals surface area (Å²) < 4.78 is 17.2. The molecule has 4 rings (SSSR count). The third-order valence-electron chi connectivity index (χ3n) is 12.0. The number of carbonyl (C=O) groups excluding carboxylic acids is 5. The van der Waals surface area contributed by atoms with Crippen molar-refractivity contribution < 1.29 is 43.4 Å². The van der Waals surface area contributed by atoms with Crippen LogP contribution in [-0.2, 0) is 35.0 Å². The first-order valence-electron chi connectivity index (χ1n) is 23.1. The number of ether oxygens (including phenoxy) is 3. The minimum atomic E-state index is -0.919. The molecule has 4 N–H and O–H groups in total. The standard InChI is InChI=1S/C48H77N5O9/c1-33(2)29-36(50-45(58)62-46(3,4)5)26-25-35(30-34-19-12-10-13-20-34)42(55)52-28-18-24-40(52)41(54)51-39(43(56)60-37-21-14-11-15-22-37)23-16-17-27-49-44(57)61-38-31-47(6,7)53(59)48(8,9)32-38/h10,12-13,19-20,25-26,33,35-40,59H,11,14-18,21-24,27-32H2,1-9H3,(H,49,57)(H,50,58)(H,51,54)/b26-25+/t35-,36-,39+,40-/m1/s1. The summed E-state index contributed by atoms with van der Waals surface area (Å²) >= 11 is 0. The minimum Gasteiger partial charge on any atom is -0.461 e. The third-order valence-corrected chi connectivity index (χ3v) is 12.0. The summed E-state index contributed by atoms with van der Waals surface area (Å²) in [5.74, 6) is -1.44. The second-order valence-electron chi connectivity index (χ2n) is 20.3. The number of alkyl carbamates (subject to hydrolysis) is 2. The SMILES string of the molecule is CC(C)C[C@@H](/C=C/[C@H](Cc1ccccc1)C(=O)N1CCC[C@@H]1C(=O)N[C@@H](CCCCNC(=O)OC1CC(C)(C)N(O)C(C)(C)C1)C(=O)OC1CCCCC1)NC(=O)OC(C)(C)C. The van der Waals surface area contributed by atoms with Gasteiger partial charge >= 0.3 is 18.2 Å². The fourth-order valence-electron chi connectivity index (χ4n) is 9.11. The molecular weight excluding hydrogens is 791 g/mol. The molecule has 1 aromatic carbocycles. The number of amides is 4. The molecule has 14 heteroatoms. The van der Waals surface area contributed by atoms with Crippen molar-refractivity contribution >= 4 is 30.0 Å². The summed E-state index contributed by atoms with van der Waals surface area (Å²) in [7, 11) is 0. The van der Waals surface area contributed by atoms with E-state index >= 15 is 0 Å². The Morgan fingerprint density at radius 3 is 2.13 bits per heavy atom. The Kier molecular flexibility index (Phi) is 18.7. The van der Waals surface area contributed by atoms with Gasteiger partial charge in [0.25, 0.3) is 0 Å². The summed E-state index contributed by atoms with van der Waals surface area (Å²) in [4.78, 5) is 69.6. The fourth-order valence-corrected chi connectivity index (χ4v) is 9.11. The number of carbonyl (C=O) groups is 5. The highest BCUT2D eigenvalue weighted by atomic mass is 16.6. The number of hydrogen-bond donors (Lipinski definition) is 4. The first kappa shape index (κ1) is 50.5. The van der Waals surface area contributed by atoms with Crippen LogP contribution in [0.1, 0.15) is 151 Å². The smallest absolute Gasteiger partial charge is 0.408 e. The number of likely N-dealkylation sites (tertiary alicyclic amines) is 1. The quantitative estimate of drug-likeness (QED) is 0.0490. The van der Waals surface area contributed by atoms with Gasteiger partial charge < -0.3 is 40.3 Å². The zero-order valence-corrected chi connectivity index (χ0v) is 39.0. The van der Waals surface area contributed by atoms with Gasteiger partial charge in [-0.15, -0.1) is 0 Å². The van der Waals surface area contributed by atoms with E-state index in [-0.39, 0.29) is 30.1 Å². The molecule has 62 heavy (non-hydrogen) atoms. The van der Waals surface area contributed by atoms with Crippen LogP contribution in [-0.4, -0.2) is 105 Å². The Bertz CT molecular complexity index is 1640. The van der Waals surface area contributed by atoms with Gasteiger partial charge in [-0.25, -0.2) is 14.4 Å². The maximum atomic E-state index is 14.5. The van der Waals surface area contributed by atoms with Crippen LogP contribution in [0.5, 0.6) is 0 Å². The van der Waals surface area contributed by atoms with Gasteiger partial charge in [0.1, 0.15) is 29.9 Å². The number of esters is 1. The van der Waals surface area contributed by atoms with Crippen LogP contribution in [0.25, 0.3) is 0 Å². The monoisotopic (exact) mass is 868 g/mol. The molecule has 0 unspecified atom stereocenters. The molecule has 14 nitrogen and oxygen atoms in total. The summed E-state index contributed by atoms with van der Waals surface area (Å²) in [5, 5.41) is 20.7. The lowest BCUT2D eigenvalue weighted by atomic mass is 9.80. The van der Waals surface area contributed by atoms with Gasteiger partial charge in [-0.2, -0.15) is 5.06 Å². The molecule has 1 aliphatic carbocycles. The number of piperidine rings is 1. The number of benzene rings is 1. The zero-order valence-electron chi connectivity index (χ0n) is 39.0. The predicted octanol–water partition coefficient (Wildman–Crippen LogP) is 8.00. The van der Waals surface area contributed by atoms with Crippen molar-refractivity contribution in [1.82, 2.24) is 25.9 Å². The van der Waals surface area contributed by atoms with E-state index < -0.39 is 58.7 Å². The van der Waals surface area contributed by atoms with Crippen LogP contribution in [0.2, 0.25) is 0 Å². The molecule has 1 saturated carbocycles. The van der Waals surface area contributed by atoms with Gasteiger partial charge in [-0.1, -0.05) is 62.8 Å². The lowest BCUT2D eigenvalue weighted by molar-refractivity contribution is -0.256. The first-order valence-corrected chi connectivity index (χ1v) is 23.1. The van der Waals surface area contributed by atoms with Gasteiger partial charge in [-0.3, -0.25) is 9.59 Å². The molecule has 2 aliphatic heterocycles. The number of hydrogen-bond acceptors (Lipinski definition) is 10. The second kappa shape index (κ2) is 23.0. The van der Waals surface area contributed by atoms with E-state index in [0.717, 1.165) is 37.7 Å². The van der Waals surface area contributed by atoms with Crippen molar-refractivity contribution in [2.24, 2.45) is 11.8 Å². The second-order valence-corrected chi connectivity index (χ2v) is 20.3. The van der Waals surface area contributed by atoms with Crippen LogP contribution in [0, 0.1) is 11.8 Å². The van der Waals surface area contributed by atoms with E-state index in [1.807, 2.05) is 91.0 Å². The molecule has 2 heterocycles. The van der Waals surface area contributed by atoms with Gasteiger partial charge in [0.05, 0.1) is 12.0 Å². The van der Waals surface area contributed by atoms with Crippen molar-refractivity contribution in [3.05, 3.63) is 48.0 Å². The molecule has 0 spiro atoms. The molecule has 348 valence electrons. The van der Waals surface area contributed by atoms with Crippen LogP contribution in [0.15, 0.2) is 42.5 Å². The molecule has 1 aromatic rings. The number of unbranched alkanes of at least 4 members (excludes halogenated alkanes) is 1. The Morgan fingerprint density at radius 2 is 1.50 bits per heavy atom. The first-order chi connectivity index (χ1) is 29.1. The van der Waals surface area contributed by atoms with Crippen molar-refractivity contribution in [3.8, 4) is 0 Å². The van der Waals surface area contributed by atoms with E-state index in [1.54, 1.807) is 4.90 Å². The predicted molar refractivity (Wildman–Crippen MR) is 238 cm³/mol. The molecule has 0 bridgehead atoms. The molecular formula is C48H77N5O9. The van der Waals surface area contributed by atoms with Crippen molar-refractivity contribution in [2.45, 2.75) is 199 Å². The van der Waals surface area contributed by atoms with Crippen molar-refractivity contribution in [1.29, 1.82) is 0 Å². The van der Waals surface area contributed by atoms with E-state index in [0.29, 0.717) is 70.9 Å². The van der Waals surface area contributed by atoms with Crippen LogP contribution in [0.3, 0.4) is 0 Å². The fraction of sp³-hybridized carbons (Fsp3) is 0.729. The Labute approximate surface area is 370 Å². The zero-order chi connectivity index (χ0) is 45.7.